The Morgan fingerprint density at radius 1 is 1.43 bits per heavy atom. The molecule has 0 spiro atoms. The summed E-state index contributed by atoms with van der Waals surface area (Å²) in [5, 5.41) is 9.79. The lowest BCUT2D eigenvalue weighted by molar-refractivity contribution is -0.00477. The number of aromatic nitrogens is 2. The van der Waals surface area contributed by atoms with E-state index >= 15 is 0 Å². The minimum atomic E-state index is -3.55. The van der Waals surface area contributed by atoms with E-state index in [4.69, 9.17) is 4.74 Å². The average molecular weight is 316 g/mol. The van der Waals surface area contributed by atoms with Gasteiger partial charge >= 0.3 is 0 Å². The number of aromatic amines is 1. The third-order valence-electron chi connectivity index (χ3n) is 3.51. The summed E-state index contributed by atoms with van der Waals surface area (Å²) in [5.74, 6) is 0. The Hall–Kier alpha value is -0.960. The Labute approximate surface area is 125 Å². The highest BCUT2D eigenvalue weighted by molar-refractivity contribution is 7.89. The van der Waals surface area contributed by atoms with E-state index in [0.29, 0.717) is 18.7 Å². The summed E-state index contributed by atoms with van der Waals surface area (Å²) in [6.07, 6.45) is 4.19. The van der Waals surface area contributed by atoms with Gasteiger partial charge in [-0.2, -0.15) is 5.10 Å². The second-order valence-corrected chi connectivity index (χ2v) is 6.92. The second-order valence-electron chi connectivity index (χ2n) is 5.27. The minimum Gasteiger partial charge on any atom is -0.378 e. The summed E-state index contributed by atoms with van der Waals surface area (Å²) in [6, 6.07) is -0.0497. The topological polar surface area (TPSA) is 96.1 Å². The number of hydrogen-bond donors (Lipinski definition) is 3. The molecule has 0 bridgehead atoms. The molecule has 21 heavy (non-hydrogen) atoms. The minimum absolute atomic E-state index is 0.0497. The Balaban J connectivity index is 1.92. The highest BCUT2D eigenvalue weighted by atomic mass is 32.2. The summed E-state index contributed by atoms with van der Waals surface area (Å²) >= 11 is 0. The summed E-state index contributed by atoms with van der Waals surface area (Å²) in [7, 11) is -3.55. The lowest BCUT2D eigenvalue weighted by Crippen LogP contribution is -2.47. The normalized spacial score (nSPS) is 22.2. The van der Waals surface area contributed by atoms with Gasteiger partial charge in [0.15, 0.2) is 5.03 Å². The predicted molar refractivity (Wildman–Crippen MR) is 79.3 cm³/mol. The molecule has 1 aliphatic rings. The molecule has 1 aromatic heterocycles. The van der Waals surface area contributed by atoms with E-state index < -0.39 is 10.0 Å². The summed E-state index contributed by atoms with van der Waals surface area (Å²) in [5.41, 5.74) is 0.664. The van der Waals surface area contributed by atoms with Gasteiger partial charge in [0, 0.05) is 24.8 Å². The number of nitrogens with zero attached hydrogens (tertiary/aromatic N) is 1. The van der Waals surface area contributed by atoms with Crippen molar-refractivity contribution in [2.75, 3.05) is 13.2 Å². The van der Waals surface area contributed by atoms with Crippen LogP contribution in [0.2, 0.25) is 0 Å². The zero-order valence-corrected chi connectivity index (χ0v) is 13.4. The van der Waals surface area contributed by atoms with E-state index in [1.54, 1.807) is 6.20 Å². The number of rotatable bonds is 9. The fraction of sp³-hybridized carbons (Fsp3) is 0.769. The van der Waals surface area contributed by atoms with Crippen LogP contribution in [-0.4, -0.2) is 43.9 Å². The molecule has 0 unspecified atom stereocenters. The number of sulfonamides is 1. The molecule has 0 aromatic carbocycles. The highest BCUT2D eigenvalue weighted by Gasteiger charge is 2.34. The molecular formula is C13H24N4O3S. The molecule has 120 valence electrons. The Morgan fingerprint density at radius 2 is 2.19 bits per heavy atom. The van der Waals surface area contributed by atoms with Crippen LogP contribution in [0.4, 0.5) is 0 Å². The molecular weight excluding hydrogens is 292 g/mol. The van der Waals surface area contributed by atoms with E-state index in [1.807, 2.05) is 6.92 Å². The van der Waals surface area contributed by atoms with Crippen LogP contribution in [0.3, 0.4) is 0 Å². The molecule has 1 saturated carbocycles. The van der Waals surface area contributed by atoms with E-state index in [-0.39, 0.29) is 17.2 Å². The number of nitrogens with one attached hydrogen (secondary N) is 3. The molecule has 0 amide bonds. The zero-order valence-electron chi connectivity index (χ0n) is 12.6. The van der Waals surface area contributed by atoms with E-state index in [0.717, 1.165) is 25.8 Å². The monoisotopic (exact) mass is 316 g/mol. The van der Waals surface area contributed by atoms with Crippen molar-refractivity contribution in [3.05, 3.63) is 11.8 Å². The Kier molecular flexibility index (Phi) is 5.74. The van der Waals surface area contributed by atoms with Crippen molar-refractivity contribution in [3.8, 4) is 0 Å². The fourth-order valence-electron chi connectivity index (χ4n) is 2.37. The van der Waals surface area contributed by atoms with Gasteiger partial charge in [0.2, 0.25) is 0 Å². The van der Waals surface area contributed by atoms with Crippen LogP contribution in [0.15, 0.2) is 11.2 Å². The third kappa shape index (κ3) is 4.26. The Morgan fingerprint density at radius 3 is 2.86 bits per heavy atom. The summed E-state index contributed by atoms with van der Waals surface area (Å²) < 4.78 is 32.9. The SMILES string of the molecule is CCCNCc1cn[nH]c1S(=O)(=O)NC1CC(OCC)C1. The standard InChI is InChI=1S/C13H24N4O3S/c1-3-5-14-8-10-9-15-16-13(10)21(18,19)17-11-6-12(7-11)20-4-2/h9,11-12,14,17H,3-8H2,1-2H3,(H,15,16). The number of H-pyrrole nitrogens is 1. The van der Waals surface area contributed by atoms with Gasteiger partial charge in [-0.25, -0.2) is 13.1 Å². The molecule has 7 nitrogen and oxygen atoms in total. The van der Waals surface area contributed by atoms with Crippen LogP contribution in [0.25, 0.3) is 0 Å². The first-order valence-corrected chi connectivity index (χ1v) is 8.92. The van der Waals surface area contributed by atoms with Gasteiger partial charge in [-0.1, -0.05) is 6.92 Å². The van der Waals surface area contributed by atoms with E-state index in [1.165, 1.54) is 0 Å². The van der Waals surface area contributed by atoms with Crippen LogP contribution in [0.5, 0.6) is 0 Å². The van der Waals surface area contributed by atoms with Gasteiger partial charge in [0.1, 0.15) is 0 Å². The molecule has 0 radical (unpaired) electrons. The van der Waals surface area contributed by atoms with Crippen LogP contribution in [-0.2, 0) is 21.3 Å². The molecule has 0 aliphatic heterocycles. The molecule has 3 N–H and O–H groups in total. The molecule has 0 atom stereocenters. The lowest BCUT2D eigenvalue weighted by Gasteiger charge is -2.34. The maximum atomic E-state index is 12.4. The molecule has 1 aromatic rings. The van der Waals surface area contributed by atoms with Gasteiger partial charge < -0.3 is 10.1 Å². The third-order valence-corrected chi connectivity index (χ3v) is 5.04. The van der Waals surface area contributed by atoms with Crippen molar-refractivity contribution in [1.29, 1.82) is 0 Å². The molecule has 1 fully saturated rings. The molecule has 1 aliphatic carbocycles. The van der Waals surface area contributed by atoms with Crippen LogP contribution in [0, 0.1) is 0 Å². The van der Waals surface area contributed by atoms with Crippen molar-refractivity contribution in [1.82, 2.24) is 20.2 Å². The van der Waals surface area contributed by atoms with Gasteiger partial charge in [0.25, 0.3) is 10.0 Å². The lowest BCUT2D eigenvalue weighted by atomic mass is 9.90. The van der Waals surface area contributed by atoms with Gasteiger partial charge in [-0.3, -0.25) is 5.10 Å². The smallest absolute Gasteiger partial charge is 0.258 e. The fourth-order valence-corrected chi connectivity index (χ4v) is 3.76. The number of hydrogen-bond acceptors (Lipinski definition) is 5. The van der Waals surface area contributed by atoms with Gasteiger partial charge in [-0.15, -0.1) is 0 Å². The second kappa shape index (κ2) is 7.35. The zero-order chi connectivity index (χ0) is 15.3. The largest absolute Gasteiger partial charge is 0.378 e. The molecule has 8 heteroatoms. The van der Waals surface area contributed by atoms with Crippen molar-refractivity contribution in [3.63, 3.8) is 0 Å². The Bertz CT molecular complexity index is 537. The van der Waals surface area contributed by atoms with Crippen molar-refractivity contribution < 1.29 is 13.2 Å². The van der Waals surface area contributed by atoms with Crippen LogP contribution in [0.1, 0.15) is 38.7 Å². The maximum absolute atomic E-state index is 12.4. The summed E-state index contributed by atoms with van der Waals surface area (Å²) in [6.45, 7) is 6.01. The quantitative estimate of drug-likeness (QED) is 0.584. The van der Waals surface area contributed by atoms with Gasteiger partial charge in [-0.05, 0) is 32.7 Å². The van der Waals surface area contributed by atoms with Crippen molar-refractivity contribution in [2.24, 2.45) is 0 Å². The first-order chi connectivity index (χ1) is 10.1. The van der Waals surface area contributed by atoms with Crippen molar-refractivity contribution in [2.45, 2.75) is 56.8 Å². The van der Waals surface area contributed by atoms with Crippen molar-refractivity contribution >= 4 is 10.0 Å². The van der Waals surface area contributed by atoms with Crippen LogP contribution < -0.4 is 10.0 Å². The van der Waals surface area contributed by atoms with E-state index in [9.17, 15) is 8.42 Å². The number of ether oxygens (including phenoxy) is 1. The van der Waals surface area contributed by atoms with Gasteiger partial charge in [0.05, 0.1) is 12.3 Å². The first kappa shape index (κ1) is 16.4. The summed E-state index contributed by atoms with van der Waals surface area (Å²) in [4.78, 5) is 0. The predicted octanol–water partition coefficient (Wildman–Crippen LogP) is 0.755. The van der Waals surface area contributed by atoms with E-state index in [2.05, 4.69) is 27.2 Å². The maximum Gasteiger partial charge on any atom is 0.258 e. The molecule has 0 saturated heterocycles. The average Bonchev–Trinajstić information content (AvgIpc) is 2.86. The molecule has 1 heterocycles. The first-order valence-electron chi connectivity index (χ1n) is 7.43. The molecule has 2 rings (SSSR count). The highest BCUT2D eigenvalue weighted by Crippen LogP contribution is 2.25. The van der Waals surface area contributed by atoms with Crippen LogP contribution >= 0.6 is 0 Å².